The van der Waals surface area contributed by atoms with Crippen molar-refractivity contribution in [3.63, 3.8) is 0 Å². The molecule has 0 fully saturated rings. The highest BCUT2D eigenvalue weighted by atomic mass is 15.4. The fourth-order valence-corrected chi connectivity index (χ4v) is 1.51. The predicted octanol–water partition coefficient (Wildman–Crippen LogP) is 0.394. The maximum atomic E-state index is 2.25. The average molecular weight is 168 g/mol. The lowest BCUT2D eigenvalue weighted by molar-refractivity contribution is -0.475. The number of hydrogen-bond donors (Lipinski definition) is 0. The van der Waals surface area contributed by atoms with Gasteiger partial charge in [0.05, 0.1) is 40.4 Å². The molecule has 3 heteroatoms. The van der Waals surface area contributed by atoms with Crippen molar-refractivity contribution >= 4 is 5.96 Å². The molecule has 1 rings (SSSR count). The minimum atomic E-state index is 0.485. The molecule has 0 aliphatic carbocycles. The summed E-state index contributed by atoms with van der Waals surface area (Å²) in [5.74, 6) is 1.23. The van der Waals surface area contributed by atoms with Gasteiger partial charge in [-0.1, -0.05) is 0 Å². The van der Waals surface area contributed by atoms with Crippen LogP contribution < -0.4 is 0 Å². The number of nitrogens with zero attached hydrogens (tertiary/aromatic N) is 3. The van der Waals surface area contributed by atoms with E-state index >= 15 is 0 Å². The molecule has 12 heavy (non-hydrogen) atoms. The topological polar surface area (TPSA) is 9.49 Å². The van der Waals surface area contributed by atoms with Crippen LogP contribution in [0.3, 0.4) is 0 Å². The Hall–Kier alpha value is -0.990. The fraction of sp³-hybridized carbons (Fsp3) is 0.667. The van der Waals surface area contributed by atoms with Gasteiger partial charge in [0.25, 0.3) is 0 Å². The second-order valence-electron chi connectivity index (χ2n) is 3.50. The summed E-state index contributed by atoms with van der Waals surface area (Å²) in [7, 11) is 8.30. The van der Waals surface area contributed by atoms with Gasteiger partial charge in [0.15, 0.2) is 0 Å². The smallest absolute Gasteiger partial charge is 0.270 e. The van der Waals surface area contributed by atoms with Gasteiger partial charge in [-0.25, -0.2) is 4.90 Å². The van der Waals surface area contributed by atoms with Gasteiger partial charge in [-0.3, -0.25) is 9.48 Å². The molecular formula is C9H18N3+. The Bertz CT molecular complexity index is 226. The molecule has 68 valence electrons. The Balaban J connectivity index is 3.01. The molecule has 0 aromatic carbocycles. The quantitative estimate of drug-likeness (QED) is 0.484. The third kappa shape index (κ3) is 1.44. The Kier molecular flexibility index (Phi) is 2.40. The SMILES string of the molecule is CC1C=CN(C)C(=[N+](C)C)N1C. The van der Waals surface area contributed by atoms with Gasteiger partial charge in [-0.15, -0.1) is 0 Å². The van der Waals surface area contributed by atoms with E-state index < -0.39 is 0 Å². The van der Waals surface area contributed by atoms with E-state index in [1.54, 1.807) is 0 Å². The van der Waals surface area contributed by atoms with Gasteiger partial charge in [0, 0.05) is 0 Å². The van der Waals surface area contributed by atoms with Gasteiger partial charge >= 0.3 is 5.96 Å². The van der Waals surface area contributed by atoms with E-state index in [0.717, 1.165) is 0 Å². The highest BCUT2D eigenvalue weighted by molar-refractivity contribution is 5.77. The summed E-state index contributed by atoms with van der Waals surface area (Å²) in [5.41, 5.74) is 0. The fourth-order valence-electron chi connectivity index (χ4n) is 1.51. The molecule has 1 atom stereocenters. The third-order valence-electron chi connectivity index (χ3n) is 2.23. The first-order valence-electron chi connectivity index (χ1n) is 4.22. The summed E-state index contributed by atoms with van der Waals surface area (Å²) >= 11 is 0. The van der Waals surface area contributed by atoms with Crippen LogP contribution in [0.5, 0.6) is 0 Å². The highest BCUT2D eigenvalue weighted by Crippen LogP contribution is 2.08. The monoisotopic (exact) mass is 168 g/mol. The van der Waals surface area contributed by atoms with Crippen molar-refractivity contribution in [1.29, 1.82) is 0 Å². The lowest BCUT2D eigenvalue weighted by atomic mass is 10.2. The van der Waals surface area contributed by atoms with Crippen molar-refractivity contribution in [3.05, 3.63) is 12.3 Å². The largest absolute Gasteiger partial charge is 0.354 e. The molecule has 0 spiro atoms. The molecule has 1 heterocycles. The van der Waals surface area contributed by atoms with E-state index in [0.29, 0.717) is 6.04 Å². The lowest BCUT2D eigenvalue weighted by Crippen LogP contribution is -2.49. The van der Waals surface area contributed by atoms with Crippen molar-refractivity contribution in [3.8, 4) is 0 Å². The summed E-state index contributed by atoms with van der Waals surface area (Å²) in [5, 5.41) is 0. The van der Waals surface area contributed by atoms with Crippen LogP contribution in [0, 0.1) is 0 Å². The molecule has 0 bridgehead atoms. The molecule has 0 saturated carbocycles. The molecule has 0 saturated heterocycles. The minimum absolute atomic E-state index is 0.485. The van der Waals surface area contributed by atoms with Crippen molar-refractivity contribution in [2.75, 3.05) is 28.2 Å². The highest BCUT2D eigenvalue weighted by Gasteiger charge is 2.27. The normalized spacial score (nSPS) is 23.4. The lowest BCUT2D eigenvalue weighted by Gasteiger charge is -2.28. The van der Waals surface area contributed by atoms with Crippen molar-refractivity contribution in [2.45, 2.75) is 13.0 Å². The summed E-state index contributed by atoms with van der Waals surface area (Å²) in [6.07, 6.45) is 4.30. The van der Waals surface area contributed by atoms with Crippen molar-refractivity contribution < 1.29 is 4.58 Å². The molecule has 0 radical (unpaired) electrons. The molecule has 1 unspecified atom stereocenters. The van der Waals surface area contributed by atoms with Gasteiger partial charge in [0.2, 0.25) is 0 Å². The van der Waals surface area contributed by atoms with Crippen LogP contribution in [-0.2, 0) is 0 Å². The maximum Gasteiger partial charge on any atom is 0.354 e. The zero-order chi connectivity index (χ0) is 9.30. The zero-order valence-electron chi connectivity index (χ0n) is 8.57. The van der Waals surface area contributed by atoms with Gasteiger partial charge in [-0.2, -0.15) is 0 Å². The standard InChI is InChI=1S/C9H18N3/c1-8-6-7-11(4)9(10(2)3)12(8)5/h6-8H,1-5H3/q+1. The van der Waals surface area contributed by atoms with E-state index in [4.69, 9.17) is 0 Å². The number of likely N-dealkylation sites (N-methyl/N-ethyl adjacent to an activating group) is 1. The summed E-state index contributed by atoms with van der Waals surface area (Å²) in [4.78, 5) is 4.38. The van der Waals surface area contributed by atoms with Crippen LogP contribution in [0.2, 0.25) is 0 Å². The Morgan fingerprint density at radius 2 is 1.92 bits per heavy atom. The number of hydrogen-bond acceptors (Lipinski definition) is 0. The first kappa shape index (κ1) is 9.10. The van der Waals surface area contributed by atoms with E-state index in [2.05, 4.69) is 61.8 Å². The van der Waals surface area contributed by atoms with Gasteiger partial charge in [0.1, 0.15) is 0 Å². The van der Waals surface area contributed by atoms with Gasteiger partial charge < -0.3 is 0 Å². The zero-order valence-corrected chi connectivity index (χ0v) is 8.57. The first-order chi connectivity index (χ1) is 5.54. The third-order valence-corrected chi connectivity index (χ3v) is 2.23. The number of rotatable bonds is 0. The maximum absolute atomic E-state index is 2.25. The van der Waals surface area contributed by atoms with Crippen LogP contribution in [0.15, 0.2) is 12.3 Å². The molecule has 0 N–H and O–H groups in total. The minimum Gasteiger partial charge on any atom is -0.270 e. The van der Waals surface area contributed by atoms with Gasteiger partial charge in [-0.05, 0) is 13.0 Å². The van der Waals surface area contributed by atoms with Crippen LogP contribution in [-0.4, -0.2) is 54.6 Å². The van der Waals surface area contributed by atoms with E-state index in [-0.39, 0.29) is 0 Å². The summed E-state index contributed by atoms with van der Waals surface area (Å²) in [6, 6.07) is 0.485. The summed E-state index contributed by atoms with van der Waals surface area (Å²) < 4.78 is 2.12. The summed E-state index contributed by atoms with van der Waals surface area (Å²) in [6.45, 7) is 2.19. The Morgan fingerprint density at radius 1 is 1.33 bits per heavy atom. The van der Waals surface area contributed by atoms with E-state index in [1.165, 1.54) is 5.96 Å². The van der Waals surface area contributed by atoms with Crippen LogP contribution >= 0.6 is 0 Å². The Morgan fingerprint density at radius 3 is 2.33 bits per heavy atom. The molecule has 0 aromatic heterocycles. The van der Waals surface area contributed by atoms with Crippen molar-refractivity contribution in [2.24, 2.45) is 0 Å². The first-order valence-corrected chi connectivity index (χ1v) is 4.22. The molecule has 3 nitrogen and oxygen atoms in total. The van der Waals surface area contributed by atoms with E-state index in [1.807, 2.05) is 0 Å². The van der Waals surface area contributed by atoms with E-state index in [9.17, 15) is 0 Å². The van der Waals surface area contributed by atoms with Crippen LogP contribution in [0.25, 0.3) is 0 Å². The predicted molar refractivity (Wildman–Crippen MR) is 51.2 cm³/mol. The number of guanidine groups is 1. The molecular weight excluding hydrogens is 150 g/mol. The second kappa shape index (κ2) is 3.17. The molecule has 0 amide bonds. The molecule has 0 aromatic rings. The van der Waals surface area contributed by atoms with Crippen LogP contribution in [0.1, 0.15) is 6.92 Å². The second-order valence-corrected chi connectivity index (χ2v) is 3.50. The Labute approximate surface area is 74.6 Å². The van der Waals surface area contributed by atoms with Crippen molar-refractivity contribution in [1.82, 2.24) is 9.80 Å². The molecule has 1 aliphatic rings. The molecule has 1 aliphatic heterocycles. The van der Waals surface area contributed by atoms with Crippen LogP contribution in [0.4, 0.5) is 0 Å². The average Bonchev–Trinajstić information content (AvgIpc) is 1.97.